The minimum absolute atomic E-state index is 0.0145. The summed E-state index contributed by atoms with van der Waals surface area (Å²) < 4.78 is 0. The number of ketones is 1. The molecule has 1 saturated carbocycles. The van der Waals surface area contributed by atoms with Crippen molar-refractivity contribution in [3.8, 4) is 0 Å². The summed E-state index contributed by atoms with van der Waals surface area (Å²) in [5, 5.41) is 2.19. The molecule has 33 heavy (non-hydrogen) atoms. The topological polar surface area (TPSA) is 74.8 Å². The number of halogens is 4. The van der Waals surface area contributed by atoms with Crippen LogP contribution in [0.2, 0.25) is 10.0 Å². The lowest BCUT2D eigenvalue weighted by molar-refractivity contribution is -0.154. The van der Waals surface area contributed by atoms with E-state index in [0.717, 1.165) is 10.0 Å². The number of hydrogen-bond acceptors (Lipinski definition) is 4. The van der Waals surface area contributed by atoms with Crippen LogP contribution in [0.3, 0.4) is 0 Å². The summed E-state index contributed by atoms with van der Waals surface area (Å²) in [7, 11) is 0. The Morgan fingerprint density at radius 1 is 0.879 bits per heavy atom. The number of alkyl halides is 2. The maximum Gasteiger partial charge on any atom is 0.273 e. The lowest BCUT2D eigenvalue weighted by Gasteiger charge is -2.30. The van der Waals surface area contributed by atoms with E-state index in [2.05, 4.69) is 31.9 Å². The molecule has 10 heteroatoms. The van der Waals surface area contributed by atoms with E-state index in [0.29, 0.717) is 18.4 Å². The molecule has 0 radical (unpaired) electrons. The highest BCUT2D eigenvalue weighted by Crippen LogP contribution is 2.43. The van der Waals surface area contributed by atoms with Crippen molar-refractivity contribution in [3.63, 3.8) is 0 Å². The minimum atomic E-state index is -0.691. The van der Waals surface area contributed by atoms with Crippen LogP contribution in [-0.4, -0.2) is 49.7 Å². The van der Waals surface area contributed by atoms with Gasteiger partial charge >= 0.3 is 0 Å². The average Bonchev–Trinajstić information content (AvgIpc) is 3.03. The van der Waals surface area contributed by atoms with Gasteiger partial charge in [-0.1, -0.05) is 85.4 Å². The first-order valence-corrected chi connectivity index (χ1v) is 12.8. The summed E-state index contributed by atoms with van der Waals surface area (Å²) in [6, 6.07) is 12.6. The SMILES string of the molecule is O=C(CN(C(=O)c1ccc(Cl)c(Cl)c1)N1C(=O)[C@H]2C[C@H](Br)[C@@H](Br)C[C@H]2C1=O)c1ccccc1. The molecule has 0 bridgehead atoms. The minimum Gasteiger partial charge on any atom is -0.292 e. The fraction of sp³-hybridized carbons (Fsp3) is 0.304. The first-order chi connectivity index (χ1) is 15.7. The van der Waals surface area contributed by atoms with Crippen LogP contribution in [0.4, 0.5) is 0 Å². The Hall–Kier alpha value is -1.74. The van der Waals surface area contributed by atoms with Gasteiger partial charge in [0.2, 0.25) is 0 Å². The third-order valence-corrected chi connectivity index (χ3v) is 9.39. The van der Waals surface area contributed by atoms with Gasteiger partial charge < -0.3 is 0 Å². The van der Waals surface area contributed by atoms with E-state index >= 15 is 0 Å². The number of carbonyl (C=O) groups excluding carboxylic acids is 4. The summed E-state index contributed by atoms with van der Waals surface area (Å²) in [5.74, 6) is -3.19. The highest BCUT2D eigenvalue weighted by Gasteiger charge is 2.54. The Kier molecular flexibility index (Phi) is 7.29. The van der Waals surface area contributed by atoms with Crippen molar-refractivity contribution in [2.24, 2.45) is 11.8 Å². The molecule has 1 heterocycles. The van der Waals surface area contributed by atoms with Crippen molar-refractivity contribution in [2.75, 3.05) is 6.54 Å². The number of nitrogens with zero attached hydrogens (tertiary/aromatic N) is 2. The molecular formula is C23H18Br2Cl2N2O4. The molecule has 4 atom stereocenters. The second-order valence-corrected chi connectivity index (χ2v) is 11.2. The number of fused-ring (bicyclic) bond motifs is 1. The van der Waals surface area contributed by atoms with Crippen molar-refractivity contribution in [3.05, 3.63) is 69.7 Å². The van der Waals surface area contributed by atoms with Crippen LogP contribution in [0.25, 0.3) is 0 Å². The number of amides is 3. The quantitative estimate of drug-likeness (QED) is 0.264. The molecule has 4 rings (SSSR count). The highest BCUT2D eigenvalue weighted by atomic mass is 79.9. The van der Waals surface area contributed by atoms with Gasteiger partial charge in [0.25, 0.3) is 17.7 Å². The van der Waals surface area contributed by atoms with Crippen LogP contribution in [0.5, 0.6) is 0 Å². The van der Waals surface area contributed by atoms with Gasteiger partial charge in [-0.05, 0) is 31.0 Å². The molecule has 2 aromatic carbocycles. The van der Waals surface area contributed by atoms with E-state index in [1.165, 1.54) is 18.2 Å². The van der Waals surface area contributed by atoms with Crippen LogP contribution >= 0.6 is 55.1 Å². The monoisotopic (exact) mass is 614 g/mol. The maximum atomic E-state index is 13.5. The van der Waals surface area contributed by atoms with Gasteiger partial charge in [0.15, 0.2) is 5.78 Å². The molecule has 0 unspecified atom stereocenters. The van der Waals surface area contributed by atoms with Gasteiger partial charge in [-0.25, -0.2) is 5.01 Å². The van der Waals surface area contributed by atoms with E-state index in [4.69, 9.17) is 23.2 Å². The Bertz CT molecular complexity index is 1100. The summed E-state index contributed by atoms with van der Waals surface area (Å²) in [6.45, 7) is -0.477. The second kappa shape index (κ2) is 9.86. The normalized spacial score (nSPS) is 24.5. The Morgan fingerprint density at radius 3 is 2.00 bits per heavy atom. The molecule has 1 aliphatic heterocycles. The predicted octanol–water partition coefficient (Wildman–Crippen LogP) is 5.16. The van der Waals surface area contributed by atoms with Gasteiger partial charge in [-0.3, -0.25) is 19.2 Å². The number of hydrazine groups is 1. The van der Waals surface area contributed by atoms with Gasteiger partial charge in [0, 0.05) is 20.8 Å². The van der Waals surface area contributed by atoms with E-state index in [1.54, 1.807) is 30.3 Å². The fourth-order valence-corrected chi connectivity index (χ4v) is 5.71. The van der Waals surface area contributed by atoms with Crippen LogP contribution < -0.4 is 0 Å². The lowest BCUT2D eigenvalue weighted by atomic mass is 9.81. The molecule has 6 nitrogen and oxygen atoms in total. The zero-order chi connectivity index (χ0) is 23.9. The summed E-state index contributed by atoms with van der Waals surface area (Å²) in [6.07, 6.45) is 0.895. The number of benzene rings is 2. The Morgan fingerprint density at radius 2 is 1.45 bits per heavy atom. The maximum absolute atomic E-state index is 13.5. The molecular weight excluding hydrogens is 599 g/mol. The first-order valence-electron chi connectivity index (χ1n) is 10.2. The zero-order valence-electron chi connectivity index (χ0n) is 17.1. The van der Waals surface area contributed by atoms with E-state index < -0.39 is 41.9 Å². The molecule has 1 aliphatic carbocycles. The van der Waals surface area contributed by atoms with Gasteiger partial charge in [-0.15, -0.1) is 0 Å². The summed E-state index contributed by atoms with van der Waals surface area (Å²) in [5.41, 5.74) is 0.472. The van der Waals surface area contributed by atoms with Crippen LogP contribution in [0, 0.1) is 11.8 Å². The van der Waals surface area contributed by atoms with Crippen molar-refractivity contribution in [1.82, 2.24) is 10.0 Å². The molecule has 2 aliphatic rings. The average molecular weight is 617 g/mol. The van der Waals surface area contributed by atoms with Crippen molar-refractivity contribution >= 4 is 78.6 Å². The highest BCUT2D eigenvalue weighted by molar-refractivity contribution is 9.12. The molecule has 1 saturated heterocycles. The summed E-state index contributed by atoms with van der Waals surface area (Å²) in [4.78, 5) is 53.2. The summed E-state index contributed by atoms with van der Waals surface area (Å²) >= 11 is 19.2. The second-order valence-electron chi connectivity index (χ2n) is 7.99. The number of carbonyl (C=O) groups is 4. The number of Topliss-reactive ketones (excluding diaryl/α,β-unsaturated/α-hetero) is 1. The van der Waals surface area contributed by atoms with Crippen LogP contribution in [-0.2, 0) is 9.59 Å². The number of hydrogen-bond donors (Lipinski definition) is 0. The third-order valence-electron chi connectivity index (χ3n) is 5.92. The van der Waals surface area contributed by atoms with Crippen molar-refractivity contribution in [1.29, 1.82) is 0 Å². The smallest absolute Gasteiger partial charge is 0.273 e. The molecule has 0 spiro atoms. The van der Waals surface area contributed by atoms with Gasteiger partial charge in [0.05, 0.1) is 21.9 Å². The van der Waals surface area contributed by atoms with Gasteiger partial charge in [0.1, 0.15) is 6.54 Å². The van der Waals surface area contributed by atoms with Gasteiger partial charge in [-0.2, -0.15) is 5.01 Å². The fourth-order valence-electron chi connectivity index (χ4n) is 4.18. The van der Waals surface area contributed by atoms with E-state index in [1.807, 2.05) is 0 Å². The molecule has 3 amide bonds. The largest absolute Gasteiger partial charge is 0.292 e. The molecule has 0 N–H and O–H groups in total. The molecule has 2 aromatic rings. The van der Waals surface area contributed by atoms with Crippen molar-refractivity contribution in [2.45, 2.75) is 22.5 Å². The predicted molar refractivity (Wildman–Crippen MR) is 132 cm³/mol. The molecule has 0 aromatic heterocycles. The van der Waals surface area contributed by atoms with E-state index in [-0.39, 0.29) is 25.3 Å². The van der Waals surface area contributed by atoms with E-state index in [9.17, 15) is 19.2 Å². The van der Waals surface area contributed by atoms with Crippen LogP contribution in [0.1, 0.15) is 33.6 Å². The first kappa shape index (κ1) is 24.4. The third kappa shape index (κ3) is 4.76. The van der Waals surface area contributed by atoms with Crippen LogP contribution in [0.15, 0.2) is 48.5 Å². The molecule has 2 fully saturated rings. The zero-order valence-corrected chi connectivity index (χ0v) is 21.8. The number of imide groups is 1. The Labute approximate surface area is 217 Å². The number of rotatable bonds is 5. The molecule has 172 valence electrons. The van der Waals surface area contributed by atoms with Crippen molar-refractivity contribution < 1.29 is 19.2 Å². The lowest BCUT2D eigenvalue weighted by Crippen LogP contribution is -2.52. The Balaban J connectivity index is 1.71. The standard InChI is InChI=1S/C23H18Br2Cl2N2O4/c24-16-9-14-15(10-17(16)25)23(33)29(22(14)32)28(11-20(30)12-4-2-1-3-5-12)21(31)13-6-7-18(26)19(27)8-13/h1-8,14-17H,9-11H2/t14-,15+,16-,17-/m0/s1.